The van der Waals surface area contributed by atoms with E-state index in [1.165, 1.54) is 5.56 Å². The van der Waals surface area contributed by atoms with Gasteiger partial charge in [0, 0.05) is 5.56 Å². The molecule has 0 spiro atoms. The predicted molar refractivity (Wildman–Crippen MR) is 66.5 cm³/mol. The Morgan fingerprint density at radius 3 is 2.29 bits per heavy atom. The number of amides is 2. The third kappa shape index (κ3) is 4.68. The van der Waals surface area contributed by atoms with E-state index in [2.05, 4.69) is 19.2 Å². The molecule has 17 heavy (non-hydrogen) atoms. The van der Waals surface area contributed by atoms with Gasteiger partial charge in [0.15, 0.2) is 0 Å². The van der Waals surface area contributed by atoms with Gasteiger partial charge in [-0.2, -0.15) is 0 Å². The summed E-state index contributed by atoms with van der Waals surface area (Å²) in [6.07, 6.45) is 0.989. The monoisotopic (exact) mass is 234 g/mol. The molecule has 92 valence electrons. The van der Waals surface area contributed by atoms with Gasteiger partial charge in [-0.15, -0.1) is 0 Å². The SMILES string of the molecule is CC(C)Cc1ccc(C(=O)NCC(N)=O)cc1. The van der Waals surface area contributed by atoms with Crippen molar-refractivity contribution in [3.05, 3.63) is 35.4 Å². The van der Waals surface area contributed by atoms with Crippen molar-refractivity contribution in [1.82, 2.24) is 5.32 Å². The zero-order valence-corrected chi connectivity index (χ0v) is 10.2. The molecule has 0 aliphatic carbocycles. The van der Waals surface area contributed by atoms with Crippen LogP contribution in [0.15, 0.2) is 24.3 Å². The molecular formula is C13H18N2O2. The summed E-state index contributed by atoms with van der Waals surface area (Å²) >= 11 is 0. The van der Waals surface area contributed by atoms with Crippen LogP contribution < -0.4 is 11.1 Å². The number of benzene rings is 1. The fraction of sp³-hybridized carbons (Fsp3) is 0.385. The van der Waals surface area contributed by atoms with Crippen LogP contribution in [0, 0.1) is 5.92 Å². The third-order valence-corrected chi connectivity index (χ3v) is 2.28. The van der Waals surface area contributed by atoms with E-state index >= 15 is 0 Å². The smallest absolute Gasteiger partial charge is 0.251 e. The second-order valence-electron chi connectivity index (χ2n) is 4.44. The van der Waals surface area contributed by atoms with Crippen LogP contribution in [0.3, 0.4) is 0 Å². The number of rotatable bonds is 5. The van der Waals surface area contributed by atoms with E-state index in [-0.39, 0.29) is 12.5 Å². The molecule has 1 aromatic carbocycles. The van der Waals surface area contributed by atoms with Crippen LogP contribution in [-0.4, -0.2) is 18.4 Å². The van der Waals surface area contributed by atoms with E-state index in [4.69, 9.17) is 5.73 Å². The van der Waals surface area contributed by atoms with Crippen molar-refractivity contribution in [3.63, 3.8) is 0 Å². The lowest BCUT2D eigenvalue weighted by Crippen LogP contribution is -2.33. The molecule has 1 aromatic rings. The Labute approximate surface area is 101 Å². The van der Waals surface area contributed by atoms with Gasteiger partial charge in [0.25, 0.3) is 5.91 Å². The summed E-state index contributed by atoms with van der Waals surface area (Å²) in [5, 5.41) is 2.45. The van der Waals surface area contributed by atoms with Gasteiger partial charge in [0.2, 0.25) is 5.91 Å². The molecule has 0 heterocycles. The van der Waals surface area contributed by atoms with E-state index in [9.17, 15) is 9.59 Å². The van der Waals surface area contributed by atoms with Crippen molar-refractivity contribution in [2.24, 2.45) is 11.7 Å². The van der Waals surface area contributed by atoms with E-state index in [0.717, 1.165) is 6.42 Å². The standard InChI is InChI=1S/C13H18N2O2/c1-9(2)7-10-3-5-11(6-4-10)13(17)15-8-12(14)16/h3-6,9H,7-8H2,1-2H3,(H2,14,16)(H,15,17). The Kier molecular flexibility index (Phi) is 4.69. The van der Waals surface area contributed by atoms with E-state index in [0.29, 0.717) is 11.5 Å². The Bertz CT molecular complexity index is 396. The Morgan fingerprint density at radius 2 is 1.82 bits per heavy atom. The number of hydrogen-bond donors (Lipinski definition) is 2. The van der Waals surface area contributed by atoms with E-state index in [1.807, 2.05) is 12.1 Å². The lowest BCUT2D eigenvalue weighted by atomic mass is 10.0. The number of nitrogens with one attached hydrogen (secondary N) is 1. The van der Waals surface area contributed by atoms with Crippen LogP contribution in [0.4, 0.5) is 0 Å². The average Bonchev–Trinajstić information content (AvgIpc) is 2.26. The molecule has 0 atom stereocenters. The molecule has 3 N–H and O–H groups in total. The van der Waals surface area contributed by atoms with Gasteiger partial charge in [0.1, 0.15) is 0 Å². The number of carbonyl (C=O) groups is 2. The van der Waals surface area contributed by atoms with Crippen LogP contribution in [0.25, 0.3) is 0 Å². The molecule has 4 heteroatoms. The summed E-state index contributed by atoms with van der Waals surface area (Å²) in [6, 6.07) is 7.38. The topological polar surface area (TPSA) is 72.2 Å². The van der Waals surface area contributed by atoms with Gasteiger partial charge in [-0.3, -0.25) is 9.59 Å². The van der Waals surface area contributed by atoms with Gasteiger partial charge in [0.05, 0.1) is 6.54 Å². The van der Waals surface area contributed by atoms with Gasteiger partial charge >= 0.3 is 0 Å². The zero-order chi connectivity index (χ0) is 12.8. The van der Waals surface area contributed by atoms with Crippen LogP contribution in [0.5, 0.6) is 0 Å². The average molecular weight is 234 g/mol. The van der Waals surface area contributed by atoms with E-state index in [1.54, 1.807) is 12.1 Å². The van der Waals surface area contributed by atoms with Gasteiger partial charge < -0.3 is 11.1 Å². The Hall–Kier alpha value is -1.84. The molecule has 0 aliphatic rings. The lowest BCUT2D eigenvalue weighted by Gasteiger charge is -2.06. The maximum atomic E-state index is 11.6. The second kappa shape index (κ2) is 6.03. The van der Waals surface area contributed by atoms with E-state index < -0.39 is 5.91 Å². The van der Waals surface area contributed by atoms with Crippen molar-refractivity contribution in [2.75, 3.05) is 6.54 Å². The van der Waals surface area contributed by atoms with Crippen LogP contribution in [-0.2, 0) is 11.2 Å². The molecular weight excluding hydrogens is 216 g/mol. The largest absolute Gasteiger partial charge is 0.368 e. The van der Waals surface area contributed by atoms with Gasteiger partial charge in [-0.25, -0.2) is 0 Å². The summed E-state index contributed by atoms with van der Waals surface area (Å²) in [6.45, 7) is 4.16. The Morgan fingerprint density at radius 1 is 1.24 bits per heavy atom. The fourth-order valence-corrected chi connectivity index (χ4v) is 1.53. The van der Waals surface area contributed by atoms with Gasteiger partial charge in [-0.05, 0) is 30.0 Å². The van der Waals surface area contributed by atoms with Crippen molar-refractivity contribution in [2.45, 2.75) is 20.3 Å². The molecule has 0 unspecified atom stereocenters. The molecule has 1 rings (SSSR count). The molecule has 0 saturated heterocycles. The van der Waals surface area contributed by atoms with Crippen LogP contribution in [0.1, 0.15) is 29.8 Å². The molecule has 0 aromatic heterocycles. The zero-order valence-electron chi connectivity index (χ0n) is 10.2. The molecule has 0 saturated carbocycles. The first kappa shape index (κ1) is 13.2. The normalized spacial score (nSPS) is 10.3. The molecule has 4 nitrogen and oxygen atoms in total. The van der Waals surface area contributed by atoms with Crippen molar-refractivity contribution in [1.29, 1.82) is 0 Å². The number of carbonyl (C=O) groups excluding carboxylic acids is 2. The molecule has 0 aliphatic heterocycles. The second-order valence-corrected chi connectivity index (χ2v) is 4.44. The fourth-order valence-electron chi connectivity index (χ4n) is 1.53. The van der Waals surface area contributed by atoms with Gasteiger partial charge in [-0.1, -0.05) is 26.0 Å². The molecule has 2 amide bonds. The minimum Gasteiger partial charge on any atom is -0.368 e. The maximum absolute atomic E-state index is 11.6. The van der Waals surface area contributed by atoms with Crippen LogP contribution >= 0.6 is 0 Å². The number of primary amides is 1. The van der Waals surface area contributed by atoms with Crippen molar-refractivity contribution >= 4 is 11.8 Å². The van der Waals surface area contributed by atoms with Crippen molar-refractivity contribution < 1.29 is 9.59 Å². The summed E-state index contributed by atoms with van der Waals surface area (Å²) in [5.41, 5.74) is 6.69. The minimum atomic E-state index is -0.547. The molecule has 0 fully saturated rings. The lowest BCUT2D eigenvalue weighted by molar-refractivity contribution is -0.117. The Balaban J connectivity index is 2.60. The number of nitrogens with two attached hydrogens (primary N) is 1. The highest BCUT2D eigenvalue weighted by molar-refractivity contribution is 5.96. The first-order valence-electron chi connectivity index (χ1n) is 5.64. The summed E-state index contributed by atoms with van der Waals surface area (Å²) in [5.74, 6) is -0.237. The summed E-state index contributed by atoms with van der Waals surface area (Å²) in [7, 11) is 0. The maximum Gasteiger partial charge on any atom is 0.251 e. The molecule has 0 radical (unpaired) electrons. The highest BCUT2D eigenvalue weighted by atomic mass is 16.2. The highest BCUT2D eigenvalue weighted by Gasteiger charge is 2.06. The summed E-state index contributed by atoms with van der Waals surface area (Å²) < 4.78 is 0. The predicted octanol–water partition coefficient (Wildman–Crippen LogP) is 1.10. The first-order valence-corrected chi connectivity index (χ1v) is 5.64. The first-order chi connectivity index (χ1) is 7.99. The number of hydrogen-bond acceptors (Lipinski definition) is 2. The summed E-state index contributed by atoms with van der Waals surface area (Å²) in [4.78, 5) is 22.1. The highest BCUT2D eigenvalue weighted by Crippen LogP contribution is 2.09. The molecule has 0 bridgehead atoms. The minimum absolute atomic E-state index is 0.132. The van der Waals surface area contributed by atoms with Crippen molar-refractivity contribution in [3.8, 4) is 0 Å². The third-order valence-electron chi connectivity index (χ3n) is 2.28. The quantitative estimate of drug-likeness (QED) is 0.800. The van der Waals surface area contributed by atoms with Crippen LogP contribution in [0.2, 0.25) is 0 Å².